The molecule has 0 unspecified atom stereocenters. The number of aryl methyl sites for hydroxylation is 2. The van der Waals surface area contributed by atoms with Crippen LogP contribution in [0, 0.1) is 12.8 Å². The normalized spacial score (nSPS) is 14.8. The van der Waals surface area contributed by atoms with Crippen LogP contribution in [0.4, 0.5) is 5.82 Å². The van der Waals surface area contributed by atoms with E-state index in [1.165, 1.54) is 5.56 Å². The van der Waals surface area contributed by atoms with Crippen molar-refractivity contribution in [1.82, 2.24) is 19.9 Å². The Labute approximate surface area is 175 Å². The average Bonchev–Trinajstić information content (AvgIpc) is 2.78. The molecular weight excluding hydrogens is 378 g/mol. The van der Waals surface area contributed by atoms with E-state index < -0.39 is 0 Å². The molecule has 1 aromatic carbocycles. The molecule has 156 valence electrons. The standard InChI is InChI=1S/C23H27N5O2/c1-3-28-20-19(9-6-12-24-20)26-21(23(28)30)27-13-10-17(11-14-27)22(29)25-15-18-8-5-4-7-16(18)2/h4-9,12,17H,3,10-11,13-15H2,1-2H3,(H,25,29). The number of nitrogens with zero attached hydrogens (tertiary/aromatic N) is 4. The largest absolute Gasteiger partial charge is 0.352 e. The molecule has 1 aliphatic heterocycles. The molecule has 1 N–H and O–H groups in total. The number of carbonyl (C=O) groups excluding carboxylic acids is 1. The maximum absolute atomic E-state index is 13.0. The Kier molecular flexibility index (Phi) is 5.79. The molecule has 0 spiro atoms. The molecule has 3 aromatic rings. The molecule has 0 atom stereocenters. The molecule has 2 aromatic heterocycles. The van der Waals surface area contributed by atoms with E-state index in [-0.39, 0.29) is 17.4 Å². The van der Waals surface area contributed by atoms with Gasteiger partial charge in [0.1, 0.15) is 5.52 Å². The summed E-state index contributed by atoms with van der Waals surface area (Å²) < 4.78 is 1.67. The highest BCUT2D eigenvalue weighted by atomic mass is 16.2. The minimum atomic E-state index is -0.119. The van der Waals surface area contributed by atoms with E-state index >= 15 is 0 Å². The highest BCUT2D eigenvalue weighted by Gasteiger charge is 2.27. The Hall–Kier alpha value is -3.22. The van der Waals surface area contributed by atoms with Crippen LogP contribution in [-0.4, -0.2) is 33.5 Å². The highest BCUT2D eigenvalue weighted by molar-refractivity contribution is 5.79. The van der Waals surface area contributed by atoms with Gasteiger partial charge in [-0.1, -0.05) is 24.3 Å². The van der Waals surface area contributed by atoms with Crippen LogP contribution in [0.2, 0.25) is 0 Å². The summed E-state index contributed by atoms with van der Waals surface area (Å²) in [6.45, 7) is 6.35. The van der Waals surface area contributed by atoms with E-state index in [1.807, 2.05) is 42.2 Å². The first kappa shape index (κ1) is 20.1. The zero-order chi connectivity index (χ0) is 21.1. The number of pyridine rings is 1. The summed E-state index contributed by atoms with van der Waals surface area (Å²) in [5.74, 6) is 0.497. The number of nitrogens with one attached hydrogen (secondary N) is 1. The molecule has 3 heterocycles. The lowest BCUT2D eigenvalue weighted by atomic mass is 9.95. The number of aromatic nitrogens is 3. The Balaban J connectivity index is 1.43. The summed E-state index contributed by atoms with van der Waals surface area (Å²) in [5.41, 5.74) is 3.52. The second-order valence-corrected chi connectivity index (χ2v) is 7.74. The number of amides is 1. The van der Waals surface area contributed by atoms with E-state index in [1.54, 1.807) is 10.8 Å². The van der Waals surface area contributed by atoms with E-state index in [2.05, 4.69) is 28.3 Å². The second kappa shape index (κ2) is 8.65. The number of anilines is 1. The van der Waals surface area contributed by atoms with E-state index in [0.717, 1.165) is 5.56 Å². The lowest BCUT2D eigenvalue weighted by Crippen LogP contribution is -2.43. The summed E-state index contributed by atoms with van der Waals surface area (Å²) in [5, 5.41) is 3.07. The quantitative estimate of drug-likeness (QED) is 0.706. The third kappa shape index (κ3) is 3.92. The fraction of sp³-hybridized carbons (Fsp3) is 0.391. The van der Waals surface area contributed by atoms with Gasteiger partial charge in [0.15, 0.2) is 11.5 Å². The monoisotopic (exact) mass is 405 g/mol. The van der Waals surface area contributed by atoms with Crippen molar-refractivity contribution >= 4 is 22.9 Å². The van der Waals surface area contributed by atoms with Crippen LogP contribution in [0.3, 0.4) is 0 Å². The first-order valence-electron chi connectivity index (χ1n) is 10.5. The molecule has 7 nitrogen and oxygen atoms in total. The van der Waals surface area contributed by atoms with Crippen molar-refractivity contribution in [2.45, 2.75) is 39.8 Å². The number of fused-ring (bicyclic) bond motifs is 1. The van der Waals surface area contributed by atoms with Crippen molar-refractivity contribution in [3.63, 3.8) is 0 Å². The number of piperidine rings is 1. The Morgan fingerprint density at radius 3 is 2.67 bits per heavy atom. The Bertz CT molecular complexity index is 1120. The van der Waals surface area contributed by atoms with Crippen LogP contribution in [0.25, 0.3) is 11.2 Å². The van der Waals surface area contributed by atoms with Crippen LogP contribution < -0.4 is 15.8 Å². The van der Waals surface area contributed by atoms with Crippen molar-refractivity contribution in [3.8, 4) is 0 Å². The first-order chi connectivity index (χ1) is 14.6. The minimum Gasteiger partial charge on any atom is -0.352 e. The lowest BCUT2D eigenvalue weighted by molar-refractivity contribution is -0.125. The predicted molar refractivity (Wildman–Crippen MR) is 117 cm³/mol. The van der Waals surface area contributed by atoms with Gasteiger partial charge in [-0.15, -0.1) is 0 Å². The molecule has 4 rings (SSSR count). The maximum Gasteiger partial charge on any atom is 0.295 e. The lowest BCUT2D eigenvalue weighted by Gasteiger charge is -2.32. The molecule has 30 heavy (non-hydrogen) atoms. The van der Waals surface area contributed by atoms with Gasteiger partial charge in [0.05, 0.1) is 0 Å². The minimum absolute atomic E-state index is 0.0409. The van der Waals surface area contributed by atoms with Gasteiger partial charge in [-0.05, 0) is 49.9 Å². The zero-order valence-corrected chi connectivity index (χ0v) is 17.5. The average molecular weight is 406 g/mol. The SMILES string of the molecule is CCn1c(=O)c(N2CCC(C(=O)NCc3ccccc3C)CC2)nc2cccnc21. The summed E-state index contributed by atoms with van der Waals surface area (Å²) >= 11 is 0. The van der Waals surface area contributed by atoms with Crippen molar-refractivity contribution < 1.29 is 4.79 Å². The smallest absolute Gasteiger partial charge is 0.295 e. The molecule has 0 bridgehead atoms. The fourth-order valence-electron chi connectivity index (χ4n) is 4.05. The molecule has 0 radical (unpaired) electrons. The Morgan fingerprint density at radius 1 is 1.17 bits per heavy atom. The van der Waals surface area contributed by atoms with E-state index in [0.29, 0.717) is 56.0 Å². The number of benzene rings is 1. The molecule has 1 aliphatic rings. The summed E-state index contributed by atoms with van der Waals surface area (Å²) in [4.78, 5) is 36.5. The number of hydrogen-bond donors (Lipinski definition) is 1. The highest BCUT2D eigenvalue weighted by Crippen LogP contribution is 2.22. The Morgan fingerprint density at radius 2 is 1.93 bits per heavy atom. The number of rotatable bonds is 5. The molecule has 1 saturated heterocycles. The summed E-state index contributed by atoms with van der Waals surface area (Å²) in [6.07, 6.45) is 3.09. The van der Waals surface area contributed by atoms with Crippen LogP contribution >= 0.6 is 0 Å². The van der Waals surface area contributed by atoms with Gasteiger partial charge in [-0.3, -0.25) is 14.2 Å². The topological polar surface area (TPSA) is 80.1 Å². The summed E-state index contributed by atoms with van der Waals surface area (Å²) in [6, 6.07) is 11.8. The molecule has 7 heteroatoms. The molecule has 1 amide bonds. The first-order valence-corrected chi connectivity index (χ1v) is 10.5. The van der Waals surface area contributed by atoms with Crippen LogP contribution in [0.15, 0.2) is 47.4 Å². The fourth-order valence-corrected chi connectivity index (χ4v) is 4.05. The summed E-state index contributed by atoms with van der Waals surface area (Å²) in [7, 11) is 0. The molecule has 1 fully saturated rings. The third-order valence-corrected chi connectivity index (χ3v) is 5.88. The van der Waals surface area contributed by atoms with Crippen molar-refractivity contribution in [3.05, 3.63) is 64.1 Å². The van der Waals surface area contributed by atoms with Gasteiger partial charge in [0, 0.05) is 38.3 Å². The van der Waals surface area contributed by atoms with Crippen LogP contribution in [0.1, 0.15) is 30.9 Å². The molecular formula is C23H27N5O2. The van der Waals surface area contributed by atoms with Gasteiger partial charge < -0.3 is 10.2 Å². The van der Waals surface area contributed by atoms with Crippen LogP contribution in [-0.2, 0) is 17.9 Å². The van der Waals surface area contributed by atoms with E-state index in [4.69, 9.17) is 0 Å². The van der Waals surface area contributed by atoms with Crippen molar-refractivity contribution in [2.24, 2.45) is 5.92 Å². The second-order valence-electron chi connectivity index (χ2n) is 7.74. The van der Waals surface area contributed by atoms with Gasteiger partial charge in [0.2, 0.25) is 5.91 Å². The number of carbonyl (C=O) groups is 1. The molecule has 0 aliphatic carbocycles. The van der Waals surface area contributed by atoms with Crippen molar-refractivity contribution in [2.75, 3.05) is 18.0 Å². The van der Waals surface area contributed by atoms with Crippen molar-refractivity contribution in [1.29, 1.82) is 0 Å². The van der Waals surface area contributed by atoms with Gasteiger partial charge in [-0.2, -0.15) is 0 Å². The number of hydrogen-bond acceptors (Lipinski definition) is 5. The predicted octanol–water partition coefficient (Wildman–Crippen LogP) is 2.65. The van der Waals surface area contributed by atoms with Gasteiger partial charge >= 0.3 is 0 Å². The van der Waals surface area contributed by atoms with E-state index in [9.17, 15) is 9.59 Å². The zero-order valence-electron chi connectivity index (χ0n) is 17.5. The van der Waals surface area contributed by atoms with Gasteiger partial charge in [0.25, 0.3) is 5.56 Å². The third-order valence-electron chi connectivity index (χ3n) is 5.88. The van der Waals surface area contributed by atoms with Gasteiger partial charge in [-0.25, -0.2) is 9.97 Å². The maximum atomic E-state index is 13.0. The van der Waals surface area contributed by atoms with Crippen LogP contribution in [0.5, 0.6) is 0 Å². The molecule has 0 saturated carbocycles.